The zero-order chi connectivity index (χ0) is 26.6. The summed E-state index contributed by atoms with van der Waals surface area (Å²) in [5.74, 6) is -9.37. The third-order valence-corrected chi connectivity index (χ3v) is 6.51. The molecule has 2 unspecified atom stereocenters. The van der Waals surface area contributed by atoms with Crippen molar-refractivity contribution in [3.63, 3.8) is 0 Å². The molecule has 2 heterocycles. The average molecular weight is 501 g/mol. The van der Waals surface area contributed by atoms with Crippen LogP contribution in [0.3, 0.4) is 0 Å². The van der Waals surface area contributed by atoms with Gasteiger partial charge < -0.3 is 15.0 Å². The summed E-state index contributed by atoms with van der Waals surface area (Å²) in [6.45, 7) is -0.371. The number of nitrogens with one attached hydrogen (secondary N) is 1. The van der Waals surface area contributed by atoms with Gasteiger partial charge in [-0.3, -0.25) is 19.2 Å². The fourth-order valence-electron chi connectivity index (χ4n) is 4.15. The van der Waals surface area contributed by atoms with Crippen LogP contribution in [0.5, 0.6) is 0 Å². The summed E-state index contributed by atoms with van der Waals surface area (Å²) in [6, 6.07) is 7.63. The lowest BCUT2D eigenvalue weighted by Crippen LogP contribution is -2.62. The summed E-state index contributed by atoms with van der Waals surface area (Å²) >= 11 is 5.71. The monoisotopic (exact) mass is 501 g/mol. The highest BCUT2D eigenvalue weighted by Gasteiger charge is 2.52. The average Bonchev–Trinajstić information content (AvgIpc) is 3.16. The van der Waals surface area contributed by atoms with Crippen molar-refractivity contribution in [1.82, 2.24) is 15.0 Å². The zero-order valence-electron chi connectivity index (χ0n) is 18.6. The van der Waals surface area contributed by atoms with E-state index in [0.717, 1.165) is 17.0 Å². The molecule has 1 fully saturated rings. The SMILES string of the molecule is [B]C1C(N2Cc3cc(CNC(=O)C(F)(F)c4ccc(Cl)cc4)ccc3C2=O)C(=O)N([B])C(=O)C1([B])[B]. The van der Waals surface area contributed by atoms with Crippen LogP contribution >= 0.6 is 11.6 Å². The Balaban J connectivity index is 1.49. The molecule has 7 nitrogen and oxygen atoms in total. The van der Waals surface area contributed by atoms with E-state index in [1.807, 2.05) is 0 Å². The lowest BCUT2D eigenvalue weighted by molar-refractivity contribution is -0.147. The highest BCUT2D eigenvalue weighted by Crippen LogP contribution is 2.44. The molecule has 2 aliphatic rings. The molecule has 0 aliphatic carbocycles. The molecule has 2 atom stereocenters. The minimum atomic E-state index is -3.80. The normalized spacial score (nSPS) is 21.5. The van der Waals surface area contributed by atoms with Crippen LogP contribution in [0.2, 0.25) is 16.1 Å². The summed E-state index contributed by atoms with van der Waals surface area (Å²) < 4.78 is 29.0. The van der Waals surface area contributed by atoms with Crippen molar-refractivity contribution >= 4 is 66.7 Å². The Labute approximate surface area is 215 Å². The predicted octanol–water partition coefficient (Wildman–Crippen LogP) is 0.935. The molecule has 0 saturated carbocycles. The lowest BCUT2D eigenvalue weighted by Gasteiger charge is -2.48. The van der Waals surface area contributed by atoms with E-state index >= 15 is 0 Å². The number of carbonyl (C=O) groups is 4. The van der Waals surface area contributed by atoms with Crippen LogP contribution in [0.25, 0.3) is 0 Å². The van der Waals surface area contributed by atoms with Gasteiger partial charge in [0.25, 0.3) is 11.8 Å². The summed E-state index contributed by atoms with van der Waals surface area (Å²) in [5.41, 5.74) is 0.565. The van der Waals surface area contributed by atoms with E-state index in [9.17, 15) is 28.0 Å². The van der Waals surface area contributed by atoms with Crippen LogP contribution in [0.15, 0.2) is 42.5 Å². The van der Waals surface area contributed by atoms with Gasteiger partial charge in [-0.25, -0.2) is 0 Å². The van der Waals surface area contributed by atoms with Gasteiger partial charge in [0, 0.05) is 29.2 Å². The molecule has 0 spiro atoms. The van der Waals surface area contributed by atoms with Crippen molar-refractivity contribution in [2.75, 3.05) is 0 Å². The number of rotatable bonds is 5. The van der Waals surface area contributed by atoms with Crippen LogP contribution in [0.1, 0.15) is 27.0 Å². The number of amides is 4. The molecule has 36 heavy (non-hydrogen) atoms. The van der Waals surface area contributed by atoms with Gasteiger partial charge in [0.05, 0.1) is 23.5 Å². The maximum Gasteiger partial charge on any atom is 0.349 e. The number of nitrogens with zero attached hydrogens (tertiary/aromatic N) is 2. The maximum atomic E-state index is 14.5. The van der Waals surface area contributed by atoms with Crippen molar-refractivity contribution in [2.45, 2.75) is 36.1 Å². The number of halogens is 3. The van der Waals surface area contributed by atoms with Gasteiger partial charge in [0.2, 0.25) is 19.8 Å². The highest BCUT2D eigenvalue weighted by atomic mass is 35.5. The van der Waals surface area contributed by atoms with Crippen LogP contribution in [0, 0.1) is 0 Å². The second-order valence-corrected chi connectivity index (χ2v) is 9.04. The Hall–Kier alpha value is -3.07. The van der Waals surface area contributed by atoms with Crippen LogP contribution in [-0.2, 0) is 33.4 Å². The minimum absolute atomic E-state index is 0.112. The van der Waals surface area contributed by atoms with Crippen molar-refractivity contribution in [3.05, 3.63) is 69.7 Å². The Bertz CT molecular complexity index is 1280. The lowest BCUT2D eigenvalue weighted by atomic mass is 9.40. The van der Waals surface area contributed by atoms with Crippen LogP contribution < -0.4 is 5.32 Å². The Kier molecular flexibility index (Phi) is 6.58. The summed E-state index contributed by atoms with van der Waals surface area (Å²) in [7, 11) is 23.1. The fourth-order valence-corrected chi connectivity index (χ4v) is 4.28. The van der Waals surface area contributed by atoms with Crippen molar-refractivity contribution in [3.8, 4) is 0 Å². The maximum absolute atomic E-state index is 14.5. The van der Waals surface area contributed by atoms with E-state index in [0.29, 0.717) is 11.1 Å². The number of alkyl halides is 2. The zero-order valence-corrected chi connectivity index (χ0v) is 19.3. The molecule has 2 aliphatic heterocycles. The molecule has 1 N–H and O–H groups in total. The van der Waals surface area contributed by atoms with E-state index in [1.54, 1.807) is 0 Å². The molecular weight excluding hydrogens is 487 g/mol. The largest absolute Gasteiger partial charge is 0.349 e. The molecule has 2 aromatic rings. The number of fused-ring (bicyclic) bond motifs is 1. The smallest absolute Gasteiger partial charge is 0.346 e. The molecule has 0 bridgehead atoms. The van der Waals surface area contributed by atoms with E-state index in [1.165, 1.54) is 30.3 Å². The van der Waals surface area contributed by atoms with Crippen molar-refractivity contribution in [1.29, 1.82) is 0 Å². The quantitative estimate of drug-likeness (QED) is 0.489. The fraction of sp³-hybridized carbons (Fsp3) is 0.273. The number of piperidine rings is 1. The molecular formula is C22H14B4ClF2N3O4. The van der Waals surface area contributed by atoms with Gasteiger partial charge in [-0.15, -0.1) is 0 Å². The first-order chi connectivity index (χ1) is 16.8. The van der Waals surface area contributed by atoms with E-state index in [4.69, 9.17) is 43.1 Å². The summed E-state index contributed by atoms with van der Waals surface area (Å²) in [4.78, 5) is 51.3. The Morgan fingerprint density at radius 2 is 1.78 bits per heavy atom. The molecule has 4 rings (SSSR count). The van der Waals surface area contributed by atoms with Crippen molar-refractivity contribution < 1.29 is 28.0 Å². The number of carbonyl (C=O) groups excluding carboxylic acids is 4. The summed E-state index contributed by atoms with van der Waals surface area (Å²) in [5, 5.41) is 0.241. The first-order valence-corrected chi connectivity index (χ1v) is 11.0. The van der Waals surface area contributed by atoms with Gasteiger partial charge >= 0.3 is 5.92 Å². The van der Waals surface area contributed by atoms with E-state index in [-0.39, 0.29) is 28.5 Å². The van der Waals surface area contributed by atoms with Crippen molar-refractivity contribution in [2.24, 2.45) is 0 Å². The second kappa shape index (κ2) is 9.10. The Morgan fingerprint density at radius 3 is 2.42 bits per heavy atom. The third-order valence-electron chi connectivity index (χ3n) is 6.25. The topological polar surface area (TPSA) is 86.8 Å². The van der Waals surface area contributed by atoms with Crippen LogP contribution in [0.4, 0.5) is 8.78 Å². The van der Waals surface area contributed by atoms with Crippen LogP contribution in [-0.4, -0.2) is 70.9 Å². The number of benzene rings is 2. The molecule has 0 aromatic heterocycles. The third kappa shape index (κ3) is 4.23. The second-order valence-electron chi connectivity index (χ2n) is 8.61. The standard InChI is InChI=1S/C22H14B4ClF2N3O4/c23-16-15(18(34)32(26)20(36)21(16,24)25)31-9-11-7-10(1-6-14(11)17(31)33)8-30-19(35)22(28,29)12-2-4-13(27)5-3-12/h1-7,15-16H,8-9H2,(H,30,35). The first-order valence-electron chi connectivity index (χ1n) is 10.6. The van der Waals surface area contributed by atoms with Gasteiger partial charge in [0.1, 0.15) is 6.04 Å². The van der Waals surface area contributed by atoms with Gasteiger partial charge in [-0.2, -0.15) is 8.78 Å². The first kappa shape index (κ1) is 26.0. The molecule has 174 valence electrons. The van der Waals surface area contributed by atoms with E-state index < -0.39 is 52.2 Å². The predicted molar refractivity (Wildman–Crippen MR) is 129 cm³/mol. The molecule has 2 aromatic carbocycles. The molecule has 14 heteroatoms. The molecule has 4 amide bonds. The highest BCUT2D eigenvalue weighted by molar-refractivity contribution is 6.57. The molecule has 8 radical (unpaired) electrons. The van der Waals surface area contributed by atoms with E-state index in [2.05, 4.69) is 5.32 Å². The van der Waals surface area contributed by atoms with Gasteiger partial charge in [-0.05, 0) is 40.4 Å². The van der Waals surface area contributed by atoms with Gasteiger partial charge in [0.15, 0.2) is 0 Å². The summed E-state index contributed by atoms with van der Waals surface area (Å²) in [6.07, 6.45) is 0. The molecule has 1 saturated heterocycles. The van der Waals surface area contributed by atoms with Gasteiger partial charge in [-0.1, -0.05) is 35.9 Å². The number of imide groups is 1. The minimum Gasteiger partial charge on any atom is -0.346 e. The number of hydrogen-bond acceptors (Lipinski definition) is 4. The number of hydrogen-bond donors (Lipinski definition) is 1. The Morgan fingerprint density at radius 1 is 1.14 bits per heavy atom.